The number of tetrazole rings is 1. The van der Waals surface area contributed by atoms with Gasteiger partial charge in [0.1, 0.15) is 0 Å². The van der Waals surface area contributed by atoms with Crippen molar-refractivity contribution < 1.29 is 4.79 Å². The summed E-state index contributed by atoms with van der Waals surface area (Å²) in [4.78, 5) is 11.9. The second-order valence-electron chi connectivity index (χ2n) is 5.52. The molecule has 1 aliphatic rings. The first-order chi connectivity index (χ1) is 10.8. The van der Waals surface area contributed by atoms with Crippen LogP contribution in [0.15, 0.2) is 24.3 Å². The molecule has 0 saturated heterocycles. The van der Waals surface area contributed by atoms with Crippen LogP contribution in [0.4, 0.5) is 5.69 Å². The van der Waals surface area contributed by atoms with Crippen LogP contribution >= 0.6 is 0 Å². The number of aromatic nitrogens is 4. The van der Waals surface area contributed by atoms with Gasteiger partial charge in [-0.2, -0.15) is 0 Å². The lowest BCUT2D eigenvalue weighted by atomic mass is 10.2. The number of nitrogens with one attached hydrogen (secondary N) is 2. The lowest BCUT2D eigenvalue weighted by Crippen LogP contribution is -2.29. The molecule has 22 heavy (non-hydrogen) atoms. The Hall–Kier alpha value is -2.28. The van der Waals surface area contributed by atoms with E-state index in [1.807, 2.05) is 31.2 Å². The van der Waals surface area contributed by atoms with Crippen LogP contribution in [0.25, 0.3) is 11.4 Å². The zero-order chi connectivity index (χ0) is 15.4. The maximum absolute atomic E-state index is 11.9. The number of hydrogen-bond acceptors (Lipinski definition) is 5. The first-order valence-electron chi connectivity index (χ1n) is 7.63. The summed E-state index contributed by atoms with van der Waals surface area (Å²) in [7, 11) is 0. The van der Waals surface area contributed by atoms with Gasteiger partial charge in [-0.3, -0.25) is 4.79 Å². The number of carbonyl (C=O) groups is 1. The normalized spacial score (nSPS) is 14.0. The standard InChI is InChI=1S/C15H20N6O/c1-2-21-15(18-19-20-21)12-4-3-5-13(8-12)17-14(22)10-16-9-11-6-7-11/h3-5,8,11,16H,2,6-7,9-10H2,1H3,(H,17,22). The Morgan fingerprint density at radius 2 is 2.27 bits per heavy atom. The van der Waals surface area contributed by atoms with Crippen molar-refractivity contribution in [2.45, 2.75) is 26.3 Å². The number of rotatable bonds is 7. The zero-order valence-electron chi connectivity index (χ0n) is 12.6. The Bertz CT molecular complexity index is 649. The highest BCUT2D eigenvalue weighted by Gasteiger charge is 2.20. The summed E-state index contributed by atoms with van der Waals surface area (Å²) < 4.78 is 1.72. The summed E-state index contributed by atoms with van der Waals surface area (Å²) in [5, 5.41) is 17.7. The van der Waals surface area contributed by atoms with Gasteiger partial charge in [0.05, 0.1) is 6.54 Å². The van der Waals surface area contributed by atoms with Crippen LogP contribution in [-0.4, -0.2) is 39.2 Å². The number of anilines is 1. The average Bonchev–Trinajstić information content (AvgIpc) is 3.21. The van der Waals surface area contributed by atoms with E-state index in [1.165, 1.54) is 12.8 Å². The largest absolute Gasteiger partial charge is 0.325 e. The van der Waals surface area contributed by atoms with Crippen molar-refractivity contribution in [1.29, 1.82) is 0 Å². The molecule has 0 spiro atoms. The Kier molecular flexibility index (Phi) is 4.43. The Morgan fingerprint density at radius 1 is 1.41 bits per heavy atom. The fourth-order valence-electron chi connectivity index (χ4n) is 2.28. The minimum Gasteiger partial charge on any atom is -0.325 e. The molecule has 1 aliphatic carbocycles. The highest BCUT2D eigenvalue weighted by Crippen LogP contribution is 2.27. The summed E-state index contributed by atoms with van der Waals surface area (Å²) in [5.74, 6) is 1.43. The average molecular weight is 300 g/mol. The van der Waals surface area contributed by atoms with Crippen LogP contribution in [0.2, 0.25) is 0 Å². The monoisotopic (exact) mass is 300 g/mol. The minimum atomic E-state index is -0.0344. The molecule has 116 valence electrons. The third kappa shape index (κ3) is 3.67. The van der Waals surface area contributed by atoms with Crippen molar-refractivity contribution >= 4 is 11.6 Å². The lowest BCUT2D eigenvalue weighted by Gasteiger charge is -2.08. The van der Waals surface area contributed by atoms with Crippen LogP contribution < -0.4 is 10.6 Å². The van der Waals surface area contributed by atoms with Crippen LogP contribution in [0.3, 0.4) is 0 Å². The summed E-state index contributed by atoms with van der Waals surface area (Å²) in [6.45, 7) is 3.95. The summed E-state index contributed by atoms with van der Waals surface area (Å²) in [6.07, 6.45) is 2.56. The quantitative estimate of drug-likeness (QED) is 0.805. The molecule has 1 aromatic heterocycles. The van der Waals surface area contributed by atoms with E-state index in [2.05, 4.69) is 26.2 Å². The van der Waals surface area contributed by atoms with Gasteiger partial charge in [0.15, 0.2) is 5.82 Å². The second-order valence-corrected chi connectivity index (χ2v) is 5.52. The molecule has 1 aromatic carbocycles. The predicted octanol–water partition coefficient (Wildman–Crippen LogP) is 1.30. The molecule has 2 aromatic rings. The molecule has 1 fully saturated rings. The highest BCUT2D eigenvalue weighted by atomic mass is 16.1. The van der Waals surface area contributed by atoms with Gasteiger partial charge in [0, 0.05) is 17.8 Å². The molecular formula is C15H20N6O. The highest BCUT2D eigenvalue weighted by molar-refractivity contribution is 5.92. The SMILES string of the molecule is CCn1nnnc1-c1cccc(NC(=O)CNCC2CC2)c1. The molecule has 1 saturated carbocycles. The number of carbonyl (C=O) groups excluding carboxylic acids is 1. The van der Waals surface area contributed by atoms with Crippen LogP contribution in [0.1, 0.15) is 19.8 Å². The maximum Gasteiger partial charge on any atom is 0.238 e. The molecule has 2 N–H and O–H groups in total. The Balaban J connectivity index is 1.61. The van der Waals surface area contributed by atoms with Gasteiger partial charge in [0.25, 0.3) is 0 Å². The third-order valence-electron chi connectivity index (χ3n) is 3.65. The van der Waals surface area contributed by atoms with E-state index < -0.39 is 0 Å². The molecule has 0 unspecified atom stereocenters. The van der Waals surface area contributed by atoms with Gasteiger partial charge < -0.3 is 10.6 Å². The summed E-state index contributed by atoms with van der Waals surface area (Å²) >= 11 is 0. The first-order valence-corrected chi connectivity index (χ1v) is 7.63. The summed E-state index contributed by atoms with van der Waals surface area (Å²) in [6, 6.07) is 7.56. The van der Waals surface area contributed by atoms with Crippen LogP contribution in [-0.2, 0) is 11.3 Å². The van der Waals surface area contributed by atoms with Crippen molar-refractivity contribution in [3.63, 3.8) is 0 Å². The van der Waals surface area contributed by atoms with Crippen LogP contribution in [0, 0.1) is 5.92 Å². The van der Waals surface area contributed by atoms with E-state index in [0.717, 1.165) is 23.7 Å². The fourth-order valence-corrected chi connectivity index (χ4v) is 2.28. The van der Waals surface area contributed by atoms with Gasteiger partial charge in [0.2, 0.25) is 5.91 Å². The number of nitrogens with zero attached hydrogens (tertiary/aromatic N) is 4. The van der Waals surface area contributed by atoms with Crippen molar-refractivity contribution in [3.8, 4) is 11.4 Å². The Morgan fingerprint density at radius 3 is 3.05 bits per heavy atom. The molecule has 1 heterocycles. The summed E-state index contributed by atoms with van der Waals surface area (Å²) in [5.41, 5.74) is 1.64. The third-order valence-corrected chi connectivity index (χ3v) is 3.65. The Labute approximate surface area is 129 Å². The smallest absolute Gasteiger partial charge is 0.238 e. The van der Waals surface area contributed by atoms with Crippen molar-refractivity contribution in [2.24, 2.45) is 5.92 Å². The van der Waals surface area contributed by atoms with Crippen LogP contribution in [0.5, 0.6) is 0 Å². The van der Waals surface area contributed by atoms with E-state index in [-0.39, 0.29) is 5.91 Å². The van der Waals surface area contributed by atoms with Crippen molar-refractivity contribution in [2.75, 3.05) is 18.4 Å². The predicted molar refractivity (Wildman–Crippen MR) is 83.2 cm³/mol. The molecule has 3 rings (SSSR count). The van der Waals surface area contributed by atoms with Gasteiger partial charge in [-0.05, 0) is 54.8 Å². The molecule has 7 heteroatoms. The van der Waals surface area contributed by atoms with E-state index in [9.17, 15) is 4.79 Å². The van der Waals surface area contributed by atoms with Crippen molar-refractivity contribution in [1.82, 2.24) is 25.5 Å². The van der Waals surface area contributed by atoms with Crippen molar-refractivity contribution in [3.05, 3.63) is 24.3 Å². The fraction of sp³-hybridized carbons (Fsp3) is 0.467. The zero-order valence-corrected chi connectivity index (χ0v) is 12.6. The van der Waals surface area contributed by atoms with Gasteiger partial charge in [-0.25, -0.2) is 4.68 Å². The number of benzene rings is 1. The topological polar surface area (TPSA) is 84.7 Å². The molecule has 0 bridgehead atoms. The number of hydrogen-bond donors (Lipinski definition) is 2. The van der Waals surface area contributed by atoms with Gasteiger partial charge in [-0.15, -0.1) is 5.10 Å². The molecule has 0 atom stereocenters. The molecule has 0 radical (unpaired) electrons. The van der Waals surface area contributed by atoms with E-state index >= 15 is 0 Å². The minimum absolute atomic E-state index is 0.0344. The molecule has 0 aliphatic heterocycles. The molecule has 1 amide bonds. The second kappa shape index (κ2) is 6.65. The lowest BCUT2D eigenvalue weighted by molar-refractivity contribution is -0.115. The molecular weight excluding hydrogens is 280 g/mol. The van der Waals surface area contributed by atoms with E-state index in [1.54, 1.807) is 4.68 Å². The van der Waals surface area contributed by atoms with Gasteiger partial charge >= 0.3 is 0 Å². The van der Waals surface area contributed by atoms with E-state index in [4.69, 9.17) is 0 Å². The maximum atomic E-state index is 11.9. The first kappa shape index (κ1) is 14.6. The van der Waals surface area contributed by atoms with Gasteiger partial charge in [-0.1, -0.05) is 12.1 Å². The molecule has 7 nitrogen and oxygen atoms in total. The number of amides is 1. The number of aryl methyl sites for hydroxylation is 1. The van der Waals surface area contributed by atoms with E-state index in [0.29, 0.717) is 18.9 Å².